The van der Waals surface area contributed by atoms with Crippen LogP contribution in [0.25, 0.3) is 0 Å². The largest absolute Gasteiger partial charge is 0.493 e. The third kappa shape index (κ3) is 2.81. The molecule has 4 nitrogen and oxygen atoms in total. The number of hydrogen-bond donors (Lipinski definition) is 1. The second-order valence-electron chi connectivity index (χ2n) is 5.00. The fourth-order valence-corrected chi connectivity index (χ4v) is 2.49. The monoisotopic (exact) mass is 286 g/mol. The Balaban J connectivity index is 1.71. The minimum Gasteiger partial charge on any atom is -0.493 e. The summed E-state index contributed by atoms with van der Waals surface area (Å²) >= 11 is 0. The fourth-order valence-electron chi connectivity index (χ4n) is 2.49. The van der Waals surface area contributed by atoms with Crippen LogP contribution in [0.4, 0.5) is 0 Å². The van der Waals surface area contributed by atoms with Gasteiger partial charge in [0.15, 0.2) is 11.5 Å². The van der Waals surface area contributed by atoms with Gasteiger partial charge >= 0.3 is 0 Å². The van der Waals surface area contributed by atoms with E-state index in [2.05, 4.69) is 6.07 Å². The van der Waals surface area contributed by atoms with Gasteiger partial charge in [0.1, 0.15) is 5.75 Å². The van der Waals surface area contributed by atoms with Crippen molar-refractivity contribution in [3.63, 3.8) is 0 Å². The van der Waals surface area contributed by atoms with Crippen LogP contribution in [0.15, 0.2) is 42.5 Å². The van der Waals surface area contributed by atoms with Gasteiger partial charge in [-0.1, -0.05) is 24.3 Å². The van der Waals surface area contributed by atoms with Crippen molar-refractivity contribution in [2.24, 2.45) is 0 Å². The molecule has 1 aliphatic rings. The highest BCUT2D eigenvalue weighted by molar-refractivity contribution is 5.43. The standard InChI is InChI=1S/C17H18O4/c1-19-17-8-12(9-18)6-7-16(17)21-11-13-10-20-15-5-3-2-4-14(13)15/h2-8,13,18H,9-11H2,1H3. The van der Waals surface area contributed by atoms with Crippen LogP contribution in [-0.2, 0) is 6.61 Å². The molecule has 2 aromatic rings. The van der Waals surface area contributed by atoms with Crippen molar-refractivity contribution < 1.29 is 19.3 Å². The average Bonchev–Trinajstić information content (AvgIpc) is 2.96. The summed E-state index contributed by atoms with van der Waals surface area (Å²) in [7, 11) is 1.59. The molecule has 21 heavy (non-hydrogen) atoms. The SMILES string of the molecule is COc1cc(CO)ccc1OCC1COc2ccccc21. The highest BCUT2D eigenvalue weighted by Crippen LogP contribution is 2.35. The first kappa shape index (κ1) is 13.8. The Labute approximate surface area is 123 Å². The van der Waals surface area contributed by atoms with Gasteiger partial charge in [-0.15, -0.1) is 0 Å². The lowest BCUT2D eigenvalue weighted by Crippen LogP contribution is -2.12. The Morgan fingerprint density at radius 2 is 2.05 bits per heavy atom. The van der Waals surface area contributed by atoms with Crippen LogP contribution in [-0.4, -0.2) is 25.4 Å². The zero-order valence-electron chi connectivity index (χ0n) is 11.9. The first-order chi connectivity index (χ1) is 10.3. The lowest BCUT2D eigenvalue weighted by Gasteiger charge is -2.14. The Morgan fingerprint density at radius 1 is 1.19 bits per heavy atom. The quantitative estimate of drug-likeness (QED) is 0.918. The number of aliphatic hydroxyl groups excluding tert-OH is 1. The Morgan fingerprint density at radius 3 is 2.86 bits per heavy atom. The van der Waals surface area contributed by atoms with Crippen LogP contribution in [0.5, 0.6) is 17.2 Å². The highest BCUT2D eigenvalue weighted by atomic mass is 16.5. The second-order valence-corrected chi connectivity index (χ2v) is 5.00. The number of ether oxygens (including phenoxy) is 3. The number of para-hydroxylation sites is 1. The summed E-state index contributed by atoms with van der Waals surface area (Å²) in [6.45, 7) is 1.16. The van der Waals surface area contributed by atoms with Gasteiger partial charge in [-0.3, -0.25) is 0 Å². The van der Waals surface area contributed by atoms with Crippen molar-refractivity contribution in [3.8, 4) is 17.2 Å². The van der Waals surface area contributed by atoms with Crippen molar-refractivity contribution in [2.45, 2.75) is 12.5 Å². The minimum absolute atomic E-state index is 0.0134. The molecule has 0 fully saturated rings. The molecule has 0 radical (unpaired) electrons. The second kappa shape index (κ2) is 6.06. The summed E-state index contributed by atoms with van der Waals surface area (Å²) in [5, 5.41) is 9.15. The Kier molecular flexibility index (Phi) is 3.97. The molecule has 4 heteroatoms. The van der Waals surface area contributed by atoms with Gasteiger partial charge in [-0.25, -0.2) is 0 Å². The van der Waals surface area contributed by atoms with E-state index in [4.69, 9.17) is 19.3 Å². The Hall–Kier alpha value is -2.20. The highest BCUT2D eigenvalue weighted by Gasteiger charge is 2.24. The van der Waals surface area contributed by atoms with Gasteiger partial charge in [-0.05, 0) is 23.8 Å². The summed E-state index contributed by atoms with van der Waals surface area (Å²) in [6, 6.07) is 13.5. The van der Waals surface area contributed by atoms with E-state index >= 15 is 0 Å². The molecular weight excluding hydrogens is 268 g/mol. The topological polar surface area (TPSA) is 47.9 Å². The van der Waals surface area contributed by atoms with E-state index in [1.807, 2.05) is 30.3 Å². The smallest absolute Gasteiger partial charge is 0.161 e. The molecule has 0 aromatic heterocycles. The Bertz CT molecular complexity index is 624. The third-order valence-electron chi connectivity index (χ3n) is 3.65. The molecule has 0 saturated heterocycles. The summed E-state index contributed by atoms with van der Waals surface area (Å²) in [5.74, 6) is 2.48. The average molecular weight is 286 g/mol. The number of aliphatic hydroxyl groups is 1. The van der Waals surface area contributed by atoms with Crippen LogP contribution in [0.2, 0.25) is 0 Å². The van der Waals surface area contributed by atoms with E-state index in [0.29, 0.717) is 24.7 Å². The lowest BCUT2D eigenvalue weighted by atomic mass is 10.0. The maximum absolute atomic E-state index is 9.15. The van der Waals surface area contributed by atoms with Gasteiger partial charge in [-0.2, -0.15) is 0 Å². The summed E-state index contributed by atoms with van der Waals surface area (Å²) < 4.78 is 16.8. The van der Waals surface area contributed by atoms with Crippen molar-refractivity contribution in [2.75, 3.05) is 20.3 Å². The van der Waals surface area contributed by atoms with E-state index in [1.165, 1.54) is 5.56 Å². The van der Waals surface area contributed by atoms with Crippen molar-refractivity contribution >= 4 is 0 Å². The summed E-state index contributed by atoms with van der Waals surface area (Å²) in [6.07, 6.45) is 0. The first-order valence-corrected chi connectivity index (χ1v) is 6.94. The zero-order chi connectivity index (χ0) is 14.7. The molecule has 3 rings (SSSR count). The third-order valence-corrected chi connectivity index (χ3v) is 3.65. The molecule has 1 aliphatic heterocycles. The lowest BCUT2D eigenvalue weighted by molar-refractivity contribution is 0.239. The number of benzene rings is 2. The minimum atomic E-state index is -0.0134. The van der Waals surface area contributed by atoms with Crippen molar-refractivity contribution in [1.29, 1.82) is 0 Å². The maximum Gasteiger partial charge on any atom is 0.161 e. The van der Waals surface area contributed by atoms with Crippen LogP contribution in [0.1, 0.15) is 17.0 Å². The molecule has 0 amide bonds. The molecule has 1 atom stereocenters. The van der Waals surface area contributed by atoms with Crippen LogP contribution < -0.4 is 14.2 Å². The summed E-state index contributed by atoms with van der Waals surface area (Å²) in [4.78, 5) is 0. The van der Waals surface area contributed by atoms with Gasteiger partial charge in [0.25, 0.3) is 0 Å². The molecule has 0 saturated carbocycles. The van der Waals surface area contributed by atoms with Crippen molar-refractivity contribution in [3.05, 3.63) is 53.6 Å². The molecule has 1 unspecified atom stereocenters. The molecule has 2 aromatic carbocycles. The number of rotatable bonds is 5. The first-order valence-electron chi connectivity index (χ1n) is 6.94. The molecule has 110 valence electrons. The van der Waals surface area contributed by atoms with Crippen LogP contribution in [0.3, 0.4) is 0 Å². The maximum atomic E-state index is 9.15. The van der Waals surface area contributed by atoms with Crippen molar-refractivity contribution in [1.82, 2.24) is 0 Å². The zero-order valence-corrected chi connectivity index (χ0v) is 11.9. The molecule has 0 aliphatic carbocycles. The predicted octanol–water partition coefficient (Wildman–Crippen LogP) is 2.74. The van der Waals surface area contributed by atoms with Gasteiger partial charge in [0.2, 0.25) is 0 Å². The van der Waals surface area contributed by atoms with Gasteiger partial charge in [0, 0.05) is 5.56 Å². The molecular formula is C17H18O4. The van der Waals surface area contributed by atoms with E-state index in [1.54, 1.807) is 13.2 Å². The van der Waals surface area contributed by atoms with E-state index in [-0.39, 0.29) is 12.5 Å². The van der Waals surface area contributed by atoms with E-state index in [9.17, 15) is 0 Å². The fraction of sp³-hybridized carbons (Fsp3) is 0.294. The number of methoxy groups -OCH3 is 1. The van der Waals surface area contributed by atoms with Gasteiger partial charge in [0.05, 0.1) is 32.8 Å². The van der Waals surface area contributed by atoms with E-state index in [0.717, 1.165) is 11.3 Å². The number of fused-ring (bicyclic) bond motifs is 1. The molecule has 0 bridgehead atoms. The molecule has 0 spiro atoms. The number of hydrogen-bond acceptors (Lipinski definition) is 4. The molecule has 1 heterocycles. The van der Waals surface area contributed by atoms with E-state index < -0.39 is 0 Å². The normalized spacial score (nSPS) is 16.2. The van der Waals surface area contributed by atoms with Gasteiger partial charge < -0.3 is 19.3 Å². The van der Waals surface area contributed by atoms with Crippen LogP contribution in [0, 0.1) is 0 Å². The summed E-state index contributed by atoms with van der Waals surface area (Å²) in [5.41, 5.74) is 1.98. The molecule has 1 N–H and O–H groups in total. The predicted molar refractivity (Wildman–Crippen MR) is 79.1 cm³/mol. The van der Waals surface area contributed by atoms with Crippen LogP contribution >= 0.6 is 0 Å².